The molecule has 1 aliphatic rings. The van der Waals surface area contributed by atoms with Crippen molar-refractivity contribution in [1.82, 2.24) is 0 Å². The van der Waals surface area contributed by atoms with Crippen LogP contribution in [0.5, 0.6) is 0 Å². The van der Waals surface area contributed by atoms with E-state index in [1.54, 1.807) is 13.0 Å². The van der Waals surface area contributed by atoms with Crippen molar-refractivity contribution in [3.05, 3.63) is 11.8 Å². The summed E-state index contributed by atoms with van der Waals surface area (Å²) in [6, 6.07) is 0. The molecule has 0 N–H and O–H groups in total. The lowest BCUT2D eigenvalue weighted by Gasteiger charge is -2.43. The average molecular weight is 328 g/mol. The topological polar surface area (TPSA) is 88.1 Å². The molecule has 0 spiro atoms. The van der Waals surface area contributed by atoms with E-state index in [0.717, 1.165) is 0 Å². The molecule has 0 amide bonds. The van der Waals surface area contributed by atoms with E-state index in [0.29, 0.717) is 6.42 Å². The fourth-order valence-electron chi connectivity index (χ4n) is 2.48. The highest BCUT2D eigenvalue weighted by Gasteiger charge is 2.46. The highest BCUT2D eigenvalue weighted by molar-refractivity contribution is 5.86. The maximum atomic E-state index is 11.7. The van der Waals surface area contributed by atoms with Crippen molar-refractivity contribution in [2.75, 3.05) is 13.7 Å². The molecule has 0 bridgehead atoms. The van der Waals surface area contributed by atoms with Crippen molar-refractivity contribution in [1.29, 1.82) is 0 Å². The number of rotatable bonds is 6. The molecule has 0 fully saturated rings. The standard InChI is InChI=1S/C16H24O7/c1-10-6-7-13(15(19)20-5)23-16(10,4)14(22-12(3)18)8-9-21-11(2)17/h7,10,14H,6,8-9H2,1-5H3/t10-,14-,16-/m1/s1. The fraction of sp³-hybridized carbons (Fsp3) is 0.688. The number of ether oxygens (including phenoxy) is 4. The van der Waals surface area contributed by atoms with Gasteiger partial charge in [-0.1, -0.05) is 6.92 Å². The summed E-state index contributed by atoms with van der Waals surface area (Å²) in [5.41, 5.74) is -0.926. The Hall–Kier alpha value is -2.05. The molecule has 0 aliphatic carbocycles. The quantitative estimate of drug-likeness (QED) is 0.542. The van der Waals surface area contributed by atoms with Crippen molar-refractivity contribution >= 4 is 17.9 Å². The van der Waals surface area contributed by atoms with Gasteiger partial charge in [0.1, 0.15) is 11.7 Å². The summed E-state index contributed by atoms with van der Waals surface area (Å²) in [6.45, 7) is 6.41. The van der Waals surface area contributed by atoms with E-state index in [-0.39, 0.29) is 24.7 Å². The van der Waals surface area contributed by atoms with Crippen molar-refractivity contribution in [3.63, 3.8) is 0 Å². The Labute approximate surface area is 135 Å². The first-order valence-corrected chi connectivity index (χ1v) is 7.48. The predicted octanol–water partition coefficient (Wildman–Crippen LogP) is 1.74. The van der Waals surface area contributed by atoms with Crippen LogP contribution in [0.3, 0.4) is 0 Å². The monoisotopic (exact) mass is 328 g/mol. The molecule has 1 heterocycles. The van der Waals surface area contributed by atoms with Gasteiger partial charge in [-0.25, -0.2) is 4.79 Å². The Bertz CT molecular complexity index is 497. The molecule has 130 valence electrons. The molecule has 7 heteroatoms. The molecular formula is C16H24O7. The largest absolute Gasteiger partial charge is 0.476 e. The predicted molar refractivity (Wildman–Crippen MR) is 80.2 cm³/mol. The number of methoxy groups -OCH3 is 1. The molecule has 3 atom stereocenters. The number of allylic oxidation sites excluding steroid dienone is 1. The zero-order chi connectivity index (χ0) is 17.6. The van der Waals surface area contributed by atoms with Crippen LogP contribution in [0.2, 0.25) is 0 Å². The Morgan fingerprint density at radius 1 is 1.35 bits per heavy atom. The van der Waals surface area contributed by atoms with Gasteiger partial charge in [-0.3, -0.25) is 9.59 Å². The van der Waals surface area contributed by atoms with Crippen molar-refractivity contribution in [2.45, 2.75) is 52.2 Å². The van der Waals surface area contributed by atoms with E-state index in [1.807, 2.05) is 6.92 Å². The van der Waals surface area contributed by atoms with E-state index in [1.165, 1.54) is 21.0 Å². The second-order valence-electron chi connectivity index (χ2n) is 5.71. The van der Waals surface area contributed by atoms with E-state index in [9.17, 15) is 14.4 Å². The molecule has 1 aliphatic heterocycles. The minimum Gasteiger partial charge on any atom is -0.476 e. The van der Waals surface area contributed by atoms with E-state index < -0.39 is 29.6 Å². The highest BCUT2D eigenvalue weighted by Crippen LogP contribution is 2.38. The first-order valence-electron chi connectivity index (χ1n) is 7.48. The summed E-state index contributed by atoms with van der Waals surface area (Å²) in [7, 11) is 1.27. The second kappa shape index (κ2) is 7.99. The molecule has 0 aromatic rings. The molecule has 0 aromatic carbocycles. The molecule has 0 saturated heterocycles. The first kappa shape index (κ1) is 19.0. The maximum absolute atomic E-state index is 11.7. The van der Waals surface area contributed by atoms with Gasteiger partial charge in [0.25, 0.3) is 0 Å². The number of carbonyl (C=O) groups is 3. The number of esters is 3. The van der Waals surface area contributed by atoms with Crippen LogP contribution < -0.4 is 0 Å². The lowest BCUT2D eigenvalue weighted by molar-refractivity contribution is -0.181. The third kappa shape index (κ3) is 4.97. The Kier molecular flexibility index (Phi) is 6.60. The summed E-state index contributed by atoms with van der Waals surface area (Å²) in [4.78, 5) is 34.1. The molecule has 23 heavy (non-hydrogen) atoms. The average Bonchev–Trinajstić information content (AvgIpc) is 2.47. The van der Waals surface area contributed by atoms with Crippen LogP contribution in [-0.2, 0) is 33.3 Å². The van der Waals surface area contributed by atoms with Crippen molar-refractivity contribution < 1.29 is 33.3 Å². The molecule has 1 rings (SSSR count). The van der Waals surface area contributed by atoms with Gasteiger partial charge < -0.3 is 18.9 Å². The van der Waals surface area contributed by atoms with E-state index >= 15 is 0 Å². The SMILES string of the molecule is COC(=O)C1=CC[C@@H](C)[C@](C)([C@@H](CCOC(C)=O)OC(C)=O)O1. The van der Waals surface area contributed by atoms with Gasteiger partial charge in [0.2, 0.25) is 5.76 Å². The lowest BCUT2D eigenvalue weighted by Crippen LogP contribution is -2.51. The van der Waals surface area contributed by atoms with Gasteiger partial charge in [0.15, 0.2) is 0 Å². The molecule has 0 saturated carbocycles. The van der Waals surface area contributed by atoms with Gasteiger partial charge in [-0.05, 0) is 19.4 Å². The summed E-state index contributed by atoms with van der Waals surface area (Å²) in [6.07, 6.45) is 1.85. The number of hydrogen-bond donors (Lipinski definition) is 0. The molecule has 7 nitrogen and oxygen atoms in total. The number of hydrogen-bond acceptors (Lipinski definition) is 7. The normalized spacial score (nSPS) is 24.7. The minimum absolute atomic E-state index is 0.0161. The maximum Gasteiger partial charge on any atom is 0.372 e. The smallest absolute Gasteiger partial charge is 0.372 e. The van der Waals surface area contributed by atoms with Crippen LogP contribution in [0.1, 0.15) is 40.5 Å². The summed E-state index contributed by atoms with van der Waals surface area (Å²) in [5.74, 6) is -1.38. The third-order valence-corrected chi connectivity index (χ3v) is 3.98. The summed E-state index contributed by atoms with van der Waals surface area (Å²) >= 11 is 0. The zero-order valence-corrected chi connectivity index (χ0v) is 14.2. The zero-order valence-electron chi connectivity index (χ0n) is 14.2. The fourth-order valence-corrected chi connectivity index (χ4v) is 2.48. The highest BCUT2D eigenvalue weighted by atomic mass is 16.6. The molecule has 0 aromatic heterocycles. The third-order valence-electron chi connectivity index (χ3n) is 3.98. The Morgan fingerprint density at radius 3 is 2.52 bits per heavy atom. The van der Waals surface area contributed by atoms with Crippen LogP contribution in [0.25, 0.3) is 0 Å². The molecule has 0 unspecified atom stereocenters. The number of carbonyl (C=O) groups excluding carboxylic acids is 3. The van der Waals surface area contributed by atoms with Crippen LogP contribution in [0, 0.1) is 5.92 Å². The van der Waals surface area contributed by atoms with E-state index in [4.69, 9.17) is 14.2 Å². The van der Waals surface area contributed by atoms with Crippen LogP contribution in [-0.4, -0.2) is 43.3 Å². The Balaban J connectivity index is 2.95. The first-order chi connectivity index (χ1) is 10.7. The lowest BCUT2D eigenvalue weighted by atomic mass is 9.80. The molecule has 0 radical (unpaired) electrons. The molecular weight excluding hydrogens is 304 g/mol. The van der Waals surface area contributed by atoms with Crippen LogP contribution in [0.15, 0.2) is 11.8 Å². The minimum atomic E-state index is -0.926. The van der Waals surface area contributed by atoms with Crippen molar-refractivity contribution in [3.8, 4) is 0 Å². The van der Waals surface area contributed by atoms with Crippen LogP contribution >= 0.6 is 0 Å². The Morgan fingerprint density at radius 2 is 2.00 bits per heavy atom. The van der Waals surface area contributed by atoms with Gasteiger partial charge in [0, 0.05) is 26.2 Å². The summed E-state index contributed by atoms with van der Waals surface area (Å²) < 4.78 is 20.8. The summed E-state index contributed by atoms with van der Waals surface area (Å²) in [5, 5.41) is 0. The van der Waals surface area contributed by atoms with Gasteiger partial charge >= 0.3 is 17.9 Å². The van der Waals surface area contributed by atoms with Gasteiger partial charge in [-0.2, -0.15) is 0 Å². The van der Waals surface area contributed by atoms with Gasteiger partial charge in [-0.15, -0.1) is 0 Å². The van der Waals surface area contributed by atoms with Gasteiger partial charge in [0.05, 0.1) is 13.7 Å². The van der Waals surface area contributed by atoms with E-state index in [2.05, 4.69) is 4.74 Å². The van der Waals surface area contributed by atoms with Crippen molar-refractivity contribution in [2.24, 2.45) is 5.92 Å². The second-order valence-corrected chi connectivity index (χ2v) is 5.71. The van der Waals surface area contributed by atoms with Crippen LogP contribution in [0.4, 0.5) is 0 Å².